The molecule has 0 aromatic rings. The van der Waals surface area contributed by atoms with E-state index in [1.165, 1.54) is 6.42 Å². The van der Waals surface area contributed by atoms with Gasteiger partial charge in [0.15, 0.2) is 0 Å². The van der Waals surface area contributed by atoms with Gasteiger partial charge in [-0.1, -0.05) is 0 Å². The number of rotatable bonds is 4. The monoisotopic (exact) mass is 233 g/mol. The first-order chi connectivity index (χ1) is 7.33. The van der Waals surface area contributed by atoms with Crippen LogP contribution in [0.5, 0.6) is 0 Å². The van der Waals surface area contributed by atoms with E-state index in [1.54, 1.807) is 0 Å². The zero-order chi connectivity index (χ0) is 11.0. The number of hydrogen-bond acceptors (Lipinski definition) is 4. The minimum atomic E-state index is -2.34. The van der Waals surface area contributed by atoms with Gasteiger partial charge in [0.2, 0.25) is 0 Å². The molecule has 0 atom stereocenters. The van der Waals surface area contributed by atoms with Crippen LogP contribution in [0.4, 0.5) is 0 Å². The van der Waals surface area contributed by atoms with Gasteiger partial charge in [0, 0.05) is 25.8 Å². The van der Waals surface area contributed by atoms with Crippen LogP contribution in [0.2, 0.25) is 6.04 Å². The van der Waals surface area contributed by atoms with Gasteiger partial charge in [-0.15, -0.1) is 0 Å². The van der Waals surface area contributed by atoms with Crippen LogP contribution in [0.1, 0.15) is 26.7 Å². The van der Waals surface area contributed by atoms with Gasteiger partial charge in [-0.2, -0.15) is 0 Å². The summed E-state index contributed by atoms with van der Waals surface area (Å²) in [6.07, 6.45) is 2.30. The van der Waals surface area contributed by atoms with Gasteiger partial charge in [-0.25, -0.2) is 0 Å². The summed E-state index contributed by atoms with van der Waals surface area (Å²) in [7, 11) is -2.34. The van der Waals surface area contributed by atoms with Crippen LogP contribution >= 0.6 is 0 Å². The molecular weight excluding hydrogens is 210 g/mol. The van der Waals surface area contributed by atoms with Crippen LogP contribution in [0, 0.1) is 0 Å². The van der Waals surface area contributed by atoms with Crippen molar-refractivity contribution in [2.75, 3.05) is 32.9 Å². The quantitative estimate of drug-likeness (QED) is 0.745. The summed E-state index contributed by atoms with van der Waals surface area (Å²) in [6, 6.07) is 0.955. The summed E-state index contributed by atoms with van der Waals surface area (Å²) in [5.41, 5.74) is 0. The van der Waals surface area contributed by atoms with E-state index in [9.17, 15) is 0 Å². The Labute approximate surface area is 93.7 Å². The molecule has 0 amide bonds. The van der Waals surface area contributed by atoms with Crippen LogP contribution in [0.3, 0.4) is 0 Å². The van der Waals surface area contributed by atoms with Crippen molar-refractivity contribution in [3.8, 4) is 0 Å². The second-order valence-corrected chi connectivity index (χ2v) is 6.34. The molecule has 1 heterocycles. The molecular formula is C10H23NO3Si. The van der Waals surface area contributed by atoms with E-state index in [0.717, 1.165) is 25.6 Å². The molecule has 15 heavy (non-hydrogen) atoms. The highest BCUT2D eigenvalue weighted by Gasteiger charge is 2.40. The van der Waals surface area contributed by atoms with Crippen LogP contribution in [0.15, 0.2) is 0 Å². The van der Waals surface area contributed by atoms with Crippen molar-refractivity contribution in [3.63, 3.8) is 0 Å². The van der Waals surface area contributed by atoms with Crippen LogP contribution in [0.25, 0.3) is 0 Å². The molecule has 1 aliphatic heterocycles. The Bertz CT molecular complexity index is 151. The van der Waals surface area contributed by atoms with Gasteiger partial charge in [0.25, 0.3) is 0 Å². The van der Waals surface area contributed by atoms with Crippen molar-refractivity contribution in [3.05, 3.63) is 0 Å². The fourth-order valence-corrected chi connectivity index (χ4v) is 4.44. The van der Waals surface area contributed by atoms with Gasteiger partial charge >= 0.3 is 8.80 Å². The molecule has 1 fully saturated rings. The largest absolute Gasteiger partial charge is 0.500 e. The van der Waals surface area contributed by atoms with Gasteiger partial charge in [-0.3, -0.25) is 0 Å². The molecule has 0 aromatic carbocycles. The molecule has 1 saturated heterocycles. The highest BCUT2D eigenvalue weighted by molar-refractivity contribution is 6.60. The first-order valence-corrected chi connectivity index (χ1v) is 7.89. The Kier molecular flexibility index (Phi) is 6.43. The maximum absolute atomic E-state index is 5.86. The van der Waals surface area contributed by atoms with Crippen molar-refractivity contribution < 1.29 is 13.3 Å². The minimum absolute atomic E-state index is 0.680. The maximum Gasteiger partial charge on any atom is 0.500 e. The molecule has 1 N–H and O–H groups in total. The fourth-order valence-electron chi connectivity index (χ4n) is 1.78. The standard InChI is InChI=1S/C10H23NO3Si/c1-3-12-15(13-4-2)10-6-5-7-11-8-9-14-15/h11H,3-10H2,1-2H3. The van der Waals surface area contributed by atoms with Crippen LogP contribution in [-0.4, -0.2) is 41.7 Å². The summed E-state index contributed by atoms with van der Waals surface area (Å²) in [6.45, 7) is 8.04. The van der Waals surface area contributed by atoms with Gasteiger partial charge in [0.1, 0.15) is 0 Å². The molecule has 0 aromatic heterocycles. The topological polar surface area (TPSA) is 39.7 Å². The normalized spacial score (nSPS) is 22.8. The van der Waals surface area contributed by atoms with Crippen molar-refractivity contribution >= 4 is 8.80 Å². The average molecular weight is 233 g/mol. The molecule has 90 valence electrons. The van der Waals surface area contributed by atoms with Gasteiger partial charge < -0.3 is 18.6 Å². The van der Waals surface area contributed by atoms with Crippen molar-refractivity contribution in [1.82, 2.24) is 5.32 Å². The van der Waals surface area contributed by atoms with E-state index in [-0.39, 0.29) is 0 Å². The lowest BCUT2D eigenvalue weighted by Crippen LogP contribution is -2.46. The summed E-state index contributed by atoms with van der Waals surface area (Å²) >= 11 is 0. The summed E-state index contributed by atoms with van der Waals surface area (Å²) in [4.78, 5) is 0. The zero-order valence-electron chi connectivity index (χ0n) is 9.88. The van der Waals surface area contributed by atoms with E-state index in [1.807, 2.05) is 13.8 Å². The SMILES string of the molecule is CCO[Si]1(OCC)CCCCNCCO1. The third-order valence-corrected chi connectivity index (χ3v) is 5.48. The summed E-state index contributed by atoms with van der Waals surface area (Å²) < 4.78 is 17.4. The number of nitrogens with one attached hydrogen (secondary N) is 1. The summed E-state index contributed by atoms with van der Waals surface area (Å²) in [5, 5.41) is 3.34. The molecule has 4 nitrogen and oxygen atoms in total. The second kappa shape index (κ2) is 7.35. The third-order valence-electron chi connectivity index (χ3n) is 2.42. The van der Waals surface area contributed by atoms with E-state index in [0.29, 0.717) is 19.8 Å². The lowest BCUT2D eigenvalue weighted by molar-refractivity contribution is 0.0688. The van der Waals surface area contributed by atoms with E-state index in [2.05, 4.69) is 5.32 Å². The molecule has 0 bridgehead atoms. The van der Waals surface area contributed by atoms with E-state index in [4.69, 9.17) is 13.3 Å². The minimum Gasteiger partial charge on any atom is -0.374 e. The Morgan fingerprint density at radius 1 is 1.13 bits per heavy atom. The maximum atomic E-state index is 5.86. The molecule has 0 spiro atoms. The van der Waals surface area contributed by atoms with Gasteiger partial charge in [-0.05, 0) is 33.2 Å². The Morgan fingerprint density at radius 2 is 1.87 bits per heavy atom. The predicted molar refractivity (Wildman–Crippen MR) is 61.9 cm³/mol. The van der Waals surface area contributed by atoms with E-state index >= 15 is 0 Å². The second-order valence-electron chi connectivity index (χ2n) is 3.60. The number of hydrogen-bond donors (Lipinski definition) is 1. The van der Waals surface area contributed by atoms with Crippen molar-refractivity contribution in [2.45, 2.75) is 32.7 Å². The highest BCUT2D eigenvalue weighted by atomic mass is 28.4. The molecule has 0 aliphatic carbocycles. The first-order valence-electron chi connectivity index (χ1n) is 5.95. The first kappa shape index (κ1) is 13.1. The molecule has 5 heteroatoms. The van der Waals surface area contributed by atoms with Crippen molar-refractivity contribution in [2.24, 2.45) is 0 Å². The highest BCUT2D eigenvalue weighted by Crippen LogP contribution is 2.19. The van der Waals surface area contributed by atoms with Gasteiger partial charge in [0.05, 0.1) is 6.61 Å². The smallest absolute Gasteiger partial charge is 0.374 e. The van der Waals surface area contributed by atoms with E-state index < -0.39 is 8.80 Å². The molecule has 1 rings (SSSR count). The molecule has 0 saturated carbocycles. The molecule has 0 radical (unpaired) electrons. The lowest BCUT2D eigenvalue weighted by Gasteiger charge is -2.28. The Morgan fingerprint density at radius 3 is 2.53 bits per heavy atom. The van der Waals surface area contributed by atoms with Crippen molar-refractivity contribution in [1.29, 1.82) is 0 Å². The zero-order valence-corrected chi connectivity index (χ0v) is 10.9. The fraction of sp³-hybridized carbons (Fsp3) is 1.00. The Hall–Kier alpha value is 0.0569. The Balaban J connectivity index is 2.53. The van der Waals surface area contributed by atoms with Crippen LogP contribution in [-0.2, 0) is 13.3 Å². The molecule has 1 aliphatic rings. The molecule has 0 unspecified atom stereocenters. The predicted octanol–water partition coefficient (Wildman–Crippen LogP) is 1.40. The summed E-state index contributed by atoms with van der Waals surface area (Å²) in [5.74, 6) is 0. The third kappa shape index (κ3) is 4.61. The average Bonchev–Trinajstić information content (AvgIpc) is 2.32. The van der Waals surface area contributed by atoms with Crippen LogP contribution < -0.4 is 5.32 Å². The lowest BCUT2D eigenvalue weighted by atomic mass is 10.3.